The number of nitrogens with zero attached hydrogens (tertiary/aromatic N) is 3. The number of hydrogen-bond acceptors (Lipinski definition) is 5. The lowest BCUT2D eigenvalue weighted by Gasteiger charge is -2.36. The fourth-order valence-electron chi connectivity index (χ4n) is 3.66. The van der Waals surface area contributed by atoms with Crippen molar-refractivity contribution >= 4 is 40.0 Å². The highest BCUT2D eigenvalue weighted by molar-refractivity contribution is 6.33. The molecule has 0 atom stereocenters. The van der Waals surface area contributed by atoms with E-state index in [9.17, 15) is 18.0 Å². The van der Waals surface area contributed by atoms with Crippen LogP contribution < -0.4 is 10.5 Å². The quantitative estimate of drug-likeness (QED) is 0.494. The van der Waals surface area contributed by atoms with Crippen molar-refractivity contribution in [2.24, 2.45) is 0 Å². The Hall–Kier alpha value is -2.29. The van der Waals surface area contributed by atoms with Crippen molar-refractivity contribution in [3.05, 3.63) is 67.6 Å². The van der Waals surface area contributed by atoms with Crippen molar-refractivity contribution in [1.29, 1.82) is 0 Å². The number of aromatic nitrogens is 1. The van der Waals surface area contributed by atoms with E-state index in [1.54, 1.807) is 12.1 Å². The van der Waals surface area contributed by atoms with E-state index in [-0.39, 0.29) is 5.02 Å². The highest BCUT2D eigenvalue weighted by atomic mass is 35.5. The molecule has 0 spiro atoms. The minimum Gasteiger partial charge on any atom is -0.423 e. The number of fused-ring (bicyclic) bond motifs is 1. The second-order valence-electron chi connectivity index (χ2n) is 7.48. The van der Waals surface area contributed by atoms with Crippen molar-refractivity contribution in [2.75, 3.05) is 31.1 Å². The van der Waals surface area contributed by atoms with Crippen LogP contribution in [0.3, 0.4) is 0 Å². The van der Waals surface area contributed by atoms with Crippen LogP contribution in [0.4, 0.5) is 19.0 Å². The Morgan fingerprint density at radius 2 is 1.77 bits per heavy atom. The molecule has 0 bridgehead atoms. The minimum atomic E-state index is -4.49. The Kier molecular flexibility index (Phi) is 5.89. The topological polar surface area (TPSA) is 49.6 Å². The number of aryl methyl sites for hydroxylation is 1. The number of anilines is 1. The van der Waals surface area contributed by atoms with Crippen LogP contribution in [0, 0.1) is 6.92 Å². The molecule has 164 valence electrons. The monoisotopic (exact) mass is 471 g/mol. The molecule has 0 unspecified atom stereocenters. The van der Waals surface area contributed by atoms with E-state index < -0.39 is 17.4 Å². The smallest absolute Gasteiger partial charge is 0.417 e. The van der Waals surface area contributed by atoms with Crippen LogP contribution in [0.15, 0.2) is 39.7 Å². The van der Waals surface area contributed by atoms with E-state index in [4.69, 9.17) is 27.6 Å². The number of benzene rings is 1. The average molecular weight is 472 g/mol. The third kappa shape index (κ3) is 4.66. The lowest BCUT2D eigenvalue weighted by molar-refractivity contribution is -0.137. The number of pyridine rings is 1. The van der Waals surface area contributed by atoms with E-state index in [0.29, 0.717) is 49.1 Å². The maximum Gasteiger partial charge on any atom is 0.417 e. The summed E-state index contributed by atoms with van der Waals surface area (Å²) < 4.78 is 43.8. The molecule has 0 radical (unpaired) electrons. The van der Waals surface area contributed by atoms with Crippen molar-refractivity contribution < 1.29 is 17.6 Å². The minimum absolute atomic E-state index is 0.0278. The molecule has 10 heteroatoms. The lowest BCUT2D eigenvalue weighted by atomic mass is 10.1. The van der Waals surface area contributed by atoms with E-state index in [2.05, 4.69) is 9.88 Å². The molecule has 1 saturated heterocycles. The second-order valence-corrected chi connectivity index (χ2v) is 8.29. The van der Waals surface area contributed by atoms with Gasteiger partial charge >= 0.3 is 11.8 Å². The van der Waals surface area contributed by atoms with Gasteiger partial charge in [-0.15, -0.1) is 0 Å². The Balaban J connectivity index is 1.49. The molecular formula is C21H18Cl2F3N3O2. The van der Waals surface area contributed by atoms with Gasteiger partial charge in [0.05, 0.1) is 10.6 Å². The fourth-order valence-corrected chi connectivity index (χ4v) is 4.11. The molecule has 31 heavy (non-hydrogen) atoms. The van der Waals surface area contributed by atoms with Crippen molar-refractivity contribution in [1.82, 2.24) is 9.88 Å². The number of hydrogen-bond donors (Lipinski definition) is 0. The van der Waals surface area contributed by atoms with Gasteiger partial charge in [0.1, 0.15) is 11.4 Å². The molecular weight excluding hydrogens is 454 g/mol. The first kappa shape index (κ1) is 21.9. The van der Waals surface area contributed by atoms with E-state index >= 15 is 0 Å². The SMILES string of the molecule is Cc1cc2oc(=O)cc(CN3CCN(c4ncc(C(F)(F)F)cc4Cl)CC3)c2cc1Cl. The highest BCUT2D eigenvalue weighted by Gasteiger charge is 2.32. The molecule has 0 N–H and O–H groups in total. The second kappa shape index (κ2) is 8.33. The Bertz CT molecular complexity index is 1190. The van der Waals surface area contributed by atoms with Gasteiger partial charge in [-0.2, -0.15) is 13.2 Å². The summed E-state index contributed by atoms with van der Waals surface area (Å²) in [5, 5.41) is 1.35. The number of halogens is 5. The maximum atomic E-state index is 12.8. The predicted molar refractivity (Wildman–Crippen MR) is 114 cm³/mol. The summed E-state index contributed by atoms with van der Waals surface area (Å²) in [4.78, 5) is 19.9. The highest BCUT2D eigenvalue weighted by Crippen LogP contribution is 2.34. The van der Waals surface area contributed by atoms with E-state index in [1.165, 1.54) is 6.07 Å². The van der Waals surface area contributed by atoms with Crippen LogP contribution >= 0.6 is 23.2 Å². The molecule has 5 nitrogen and oxygen atoms in total. The summed E-state index contributed by atoms with van der Waals surface area (Å²) in [5.41, 5.74) is 0.826. The van der Waals surface area contributed by atoms with Gasteiger partial charge in [0.15, 0.2) is 0 Å². The molecule has 0 amide bonds. The Morgan fingerprint density at radius 1 is 1.06 bits per heavy atom. The summed E-state index contributed by atoms with van der Waals surface area (Å²) in [6.45, 7) is 4.69. The predicted octanol–water partition coefficient (Wildman–Crippen LogP) is 5.14. The van der Waals surface area contributed by atoms with Gasteiger partial charge in [-0.3, -0.25) is 4.90 Å². The first-order valence-electron chi connectivity index (χ1n) is 9.55. The standard InChI is InChI=1S/C21H18Cl2F3N3O2/c1-12-6-18-15(9-16(12)22)13(7-19(30)31-18)11-28-2-4-29(5-3-28)20-17(23)8-14(10-27-20)21(24,25)26/h6-10H,2-5,11H2,1H3. The number of rotatable bonds is 3. The fraction of sp³-hybridized carbons (Fsp3) is 0.333. The maximum absolute atomic E-state index is 12.8. The summed E-state index contributed by atoms with van der Waals surface area (Å²) in [6, 6.07) is 5.91. The third-order valence-corrected chi connectivity index (χ3v) is 6.01. The zero-order valence-electron chi connectivity index (χ0n) is 16.5. The Labute approximate surface area is 186 Å². The molecule has 1 aliphatic rings. The van der Waals surface area contributed by atoms with E-state index in [0.717, 1.165) is 28.8 Å². The van der Waals surface area contributed by atoms with Crippen LogP contribution in [0.2, 0.25) is 10.0 Å². The molecule has 2 aromatic heterocycles. The van der Waals surface area contributed by atoms with Gasteiger partial charge in [0, 0.05) is 55.4 Å². The molecule has 1 aromatic carbocycles. The molecule has 3 aromatic rings. The summed E-state index contributed by atoms with van der Waals surface area (Å²) >= 11 is 12.3. The van der Waals surface area contributed by atoms with Gasteiger partial charge < -0.3 is 9.32 Å². The van der Waals surface area contributed by atoms with Crippen LogP contribution in [0.1, 0.15) is 16.7 Å². The molecule has 0 saturated carbocycles. The molecule has 1 aliphatic heterocycles. The first-order chi connectivity index (χ1) is 14.6. The summed E-state index contributed by atoms with van der Waals surface area (Å²) in [7, 11) is 0. The summed E-state index contributed by atoms with van der Waals surface area (Å²) in [6.07, 6.45) is -3.69. The van der Waals surface area contributed by atoms with Crippen molar-refractivity contribution in [3.8, 4) is 0 Å². The van der Waals surface area contributed by atoms with E-state index in [1.807, 2.05) is 11.8 Å². The van der Waals surface area contributed by atoms with Gasteiger partial charge in [-0.05, 0) is 36.2 Å². The molecule has 1 fully saturated rings. The van der Waals surface area contributed by atoms with Crippen LogP contribution in [-0.2, 0) is 12.7 Å². The number of piperazine rings is 1. The van der Waals surface area contributed by atoms with Crippen LogP contribution in [0.25, 0.3) is 11.0 Å². The normalized spacial score (nSPS) is 15.6. The molecule has 4 rings (SSSR count). The summed E-state index contributed by atoms with van der Waals surface area (Å²) in [5.74, 6) is 0.336. The zero-order chi connectivity index (χ0) is 22.3. The van der Waals surface area contributed by atoms with Gasteiger partial charge in [-0.1, -0.05) is 23.2 Å². The van der Waals surface area contributed by atoms with Crippen LogP contribution in [0.5, 0.6) is 0 Å². The Morgan fingerprint density at radius 3 is 2.42 bits per heavy atom. The third-order valence-electron chi connectivity index (χ3n) is 5.32. The average Bonchev–Trinajstić information content (AvgIpc) is 2.69. The van der Waals surface area contributed by atoms with Gasteiger partial charge in [0.25, 0.3) is 0 Å². The van der Waals surface area contributed by atoms with Crippen LogP contribution in [-0.4, -0.2) is 36.1 Å². The molecule has 3 heterocycles. The number of alkyl halides is 3. The van der Waals surface area contributed by atoms with Crippen molar-refractivity contribution in [2.45, 2.75) is 19.6 Å². The van der Waals surface area contributed by atoms with Gasteiger partial charge in [0.2, 0.25) is 0 Å². The zero-order valence-corrected chi connectivity index (χ0v) is 18.0. The largest absolute Gasteiger partial charge is 0.423 e. The van der Waals surface area contributed by atoms with Gasteiger partial charge in [-0.25, -0.2) is 9.78 Å². The first-order valence-corrected chi connectivity index (χ1v) is 10.3. The lowest BCUT2D eigenvalue weighted by Crippen LogP contribution is -2.46. The van der Waals surface area contributed by atoms with Crippen molar-refractivity contribution in [3.63, 3.8) is 0 Å². The molecule has 0 aliphatic carbocycles.